The number of hydrogen-bond acceptors (Lipinski definition) is 3. The van der Waals surface area contributed by atoms with Crippen LogP contribution >= 0.6 is 0 Å². The van der Waals surface area contributed by atoms with Crippen molar-refractivity contribution in [3.05, 3.63) is 65.2 Å². The average Bonchev–Trinajstić information content (AvgIpc) is 2.75. The summed E-state index contributed by atoms with van der Waals surface area (Å²) in [7, 11) is 0. The van der Waals surface area contributed by atoms with Crippen molar-refractivity contribution in [2.75, 3.05) is 13.1 Å². The van der Waals surface area contributed by atoms with E-state index in [1.54, 1.807) is 6.92 Å². The van der Waals surface area contributed by atoms with Gasteiger partial charge in [0.15, 0.2) is 6.10 Å². The zero-order valence-corrected chi connectivity index (χ0v) is 19.3. The van der Waals surface area contributed by atoms with Gasteiger partial charge in [-0.2, -0.15) is 0 Å². The van der Waals surface area contributed by atoms with E-state index in [1.165, 1.54) is 5.56 Å². The van der Waals surface area contributed by atoms with E-state index >= 15 is 0 Å². The molecule has 2 aromatic carbocycles. The summed E-state index contributed by atoms with van der Waals surface area (Å²) in [6.45, 7) is 11.0. The van der Waals surface area contributed by atoms with Gasteiger partial charge >= 0.3 is 0 Å². The molecule has 3 rings (SSSR count). The Morgan fingerprint density at radius 3 is 2.52 bits per heavy atom. The van der Waals surface area contributed by atoms with E-state index in [9.17, 15) is 9.59 Å². The zero-order chi connectivity index (χ0) is 22.6. The maximum absolute atomic E-state index is 13.3. The molecular formula is C26H34N2O3. The van der Waals surface area contributed by atoms with Crippen LogP contribution < -0.4 is 10.1 Å². The smallest absolute Gasteiger partial charge is 0.260 e. The molecule has 5 heteroatoms. The average molecular weight is 423 g/mol. The number of benzene rings is 2. The predicted octanol–water partition coefficient (Wildman–Crippen LogP) is 4.50. The van der Waals surface area contributed by atoms with Gasteiger partial charge in [0.2, 0.25) is 5.91 Å². The van der Waals surface area contributed by atoms with Crippen LogP contribution in [0.2, 0.25) is 0 Å². The molecule has 31 heavy (non-hydrogen) atoms. The minimum Gasteiger partial charge on any atom is -0.481 e. The van der Waals surface area contributed by atoms with Crippen LogP contribution in [0, 0.1) is 5.41 Å². The Hall–Kier alpha value is -2.82. The van der Waals surface area contributed by atoms with Crippen molar-refractivity contribution in [1.82, 2.24) is 10.2 Å². The molecule has 2 atom stereocenters. The molecule has 0 saturated carbocycles. The van der Waals surface area contributed by atoms with Crippen LogP contribution in [0.1, 0.15) is 63.8 Å². The van der Waals surface area contributed by atoms with Gasteiger partial charge in [0.05, 0.1) is 6.04 Å². The van der Waals surface area contributed by atoms with Crippen molar-refractivity contribution in [1.29, 1.82) is 0 Å². The minimum atomic E-state index is -0.587. The number of rotatable bonds is 6. The van der Waals surface area contributed by atoms with Crippen LogP contribution in [0.25, 0.3) is 0 Å². The molecule has 1 aliphatic heterocycles. The van der Waals surface area contributed by atoms with Crippen LogP contribution in [0.5, 0.6) is 5.75 Å². The lowest BCUT2D eigenvalue weighted by Crippen LogP contribution is -2.45. The summed E-state index contributed by atoms with van der Waals surface area (Å²) in [6, 6.07) is 15.9. The Morgan fingerprint density at radius 1 is 1.16 bits per heavy atom. The second-order valence-corrected chi connectivity index (χ2v) is 9.22. The number of ether oxygens (including phenoxy) is 1. The molecule has 0 radical (unpaired) electrons. The maximum atomic E-state index is 13.3. The molecule has 2 amide bonds. The monoisotopic (exact) mass is 422 g/mol. The molecule has 0 spiro atoms. The number of fused-ring (bicyclic) bond motifs is 1. The summed E-state index contributed by atoms with van der Waals surface area (Å²) in [5.74, 6) is 0.651. The lowest BCUT2D eigenvalue weighted by molar-refractivity contribution is -0.141. The largest absolute Gasteiger partial charge is 0.481 e. The molecule has 0 aromatic heterocycles. The molecular weight excluding hydrogens is 388 g/mol. The van der Waals surface area contributed by atoms with Gasteiger partial charge in [0.1, 0.15) is 5.75 Å². The van der Waals surface area contributed by atoms with Crippen LogP contribution in [0.3, 0.4) is 0 Å². The molecule has 0 fully saturated rings. The van der Waals surface area contributed by atoms with Crippen molar-refractivity contribution in [2.24, 2.45) is 5.41 Å². The number of carbonyl (C=O) groups excluding carboxylic acids is 2. The third-order valence-corrected chi connectivity index (χ3v) is 5.59. The molecule has 1 aliphatic rings. The molecule has 0 aliphatic carbocycles. The number of nitrogens with one attached hydrogen (secondary N) is 1. The summed E-state index contributed by atoms with van der Waals surface area (Å²) in [5, 5.41) is 2.87. The van der Waals surface area contributed by atoms with E-state index in [1.807, 2.05) is 62.9 Å². The normalized spacial score (nSPS) is 16.9. The van der Waals surface area contributed by atoms with E-state index < -0.39 is 11.5 Å². The summed E-state index contributed by atoms with van der Waals surface area (Å²) in [6.07, 6.45) is 1.09. The number of carbonyl (C=O) groups is 2. The molecule has 5 nitrogen and oxygen atoms in total. The van der Waals surface area contributed by atoms with Crippen molar-refractivity contribution in [3.63, 3.8) is 0 Å². The van der Waals surface area contributed by atoms with Gasteiger partial charge in [-0.1, -0.05) is 64.1 Å². The fraction of sp³-hybridized carbons (Fsp3) is 0.462. The van der Waals surface area contributed by atoms with Crippen molar-refractivity contribution < 1.29 is 14.3 Å². The fourth-order valence-corrected chi connectivity index (χ4v) is 3.96. The van der Waals surface area contributed by atoms with Gasteiger partial charge in [0, 0.05) is 18.5 Å². The lowest BCUT2D eigenvalue weighted by atomic mass is 9.85. The van der Waals surface area contributed by atoms with E-state index in [-0.39, 0.29) is 17.9 Å². The Labute approximate surface area is 185 Å². The highest BCUT2D eigenvalue weighted by molar-refractivity contribution is 5.83. The fourth-order valence-electron chi connectivity index (χ4n) is 3.96. The van der Waals surface area contributed by atoms with Gasteiger partial charge < -0.3 is 15.0 Å². The van der Waals surface area contributed by atoms with Gasteiger partial charge in [-0.3, -0.25) is 9.59 Å². The van der Waals surface area contributed by atoms with Crippen molar-refractivity contribution in [2.45, 2.75) is 59.6 Å². The number of nitrogens with zero attached hydrogens (tertiary/aromatic N) is 1. The minimum absolute atomic E-state index is 0.122. The second kappa shape index (κ2) is 9.54. The van der Waals surface area contributed by atoms with E-state index in [2.05, 4.69) is 23.5 Å². The summed E-state index contributed by atoms with van der Waals surface area (Å²) in [4.78, 5) is 27.5. The van der Waals surface area contributed by atoms with E-state index in [0.717, 1.165) is 24.0 Å². The first-order valence-corrected chi connectivity index (χ1v) is 11.2. The van der Waals surface area contributed by atoms with Gasteiger partial charge in [-0.05, 0) is 48.6 Å². The summed E-state index contributed by atoms with van der Waals surface area (Å²) in [5.41, 5.74) is 2.88. The topological polar surface area (TPSA) is 58.6 Å². The van der Waals surface area contributed by atoms with E-state index in [0.29, 0.717) is 18.8 Å². The Bertz CT molecular complexity index is 918. The molecule has 0 bridgehead atoms. The summed E-state index contributed by atoms with van der Waals surface area (Å²) < 4.78 is 5.97. The molecule has 1 heterocycles. The third kappa shape index (κ3) is 5.27. The van der Waals surface area contributed by atoms with Crippen molar-refractivity contribution >= 4 is 11.8 Å². The first kappa shape index (κ1) is 22.9. The molecule has 2 aromatic rings. The highest BCUT2D eigenvalue weighted by atomic mass is 16.5. The first-order valence-electron chi connectivity index (χ1n) is 11.2. The molecule has 0 unspecified atom stereocenters. The Morgan fingerprint density at radius 2 is 1.87 bits per heavy atom. The Kier molecular flexibility index (Phi) is 7.04. The highest BCUT2D eigenvalue weighted by Crippen LogP contribution is 2.39. The number of hydrogen-bond donors (Lipinski definition) is 1. The van der Waals surface area contributed by atoms with Crippen LogP contribution in [0.15, 0.2) is 48.5 Å². The highest BCUT2D eigenvalue weighted by Gasteiger charge is 2.37. The quantitative estimate of drug-likeness (QED) is 0.746. The first-order chi connectivity index (χ1) is 14.7. The SMILES string of the molecule is CCCNC(=O)[C@H](C)Oc1ccc2c(c1)[C@@H](c1ccccc1)N(C(=O)C(C)(C)C)CC2. The molecule has 166 valence electrons. The van der Waals surface area contributed by atoms with Crippen LogP contribution in [-0.4, -0.2) is 35.9 Å². The summed E-state index contributed by atoms with van der Waals surface area (Å²) >= 11 is 0. The van der Waals surface area contributed by atoms with E-state index in [4.69, 9.17) is 4.74 Å². The predicted molar refractivity (Wildman–Crippen MR) is 123 cm³/mol. The van der Waals surface area contributed by atoms with Gasteiger partial charge in [-0.25, -0.2) is 0 Å². The number of amides is 2. The standard InChI is InChI=1S/C26H34N2O3/c1-6-15-27-24(29)18(2)31-21-13-12-19-14-16-28(25(30)26(3,4)5)23(22(19)17-21)20-10-8-7-9-11-20/h7-13,17-18,23H,6,14-16H2,1-5H3,(H,27,29)/t18-,23+/m0/s1. The molecule has 1 N–H and O–H groups in total. The third-order valence-electron chi connectivity index (χ3n) is 5.59. The maximum Gasteiger partial charge on any atom is 0.260 e. The van der Waals surface area contributed by atoms with Crippen molar-refractivity contribution in [3.8, 4) is 5.75 Å². The molecule has 0 saturated heterocycles. The second-order valence-electron chi connectivity index (χ2n) is 9.22. The van der Waals surface area contributed by atoms with Gasteiger partial charge in [0.25, 0.3) is 5.91 Å². The van der Waals surface area contributed by atoms with Crippen LogP contribution in [-0.2, 0) is 16.0 Å². The lowest BCUT2D eigenvalue weighted by Gasteiger charge is -2.41. The van der Waals surface area contributed by atoms with Crippen LogP contribution in [0.4, 0.5) is 0 Å². The Balaban J connectivity index is 1.96. The van der Waals surface area contributed by atoms with Gasteiger partial charge in [-0.15, -0.1) is 0 Å². The zero-order valence-electron chi connectivity index (χ0n) is 19.3.